The molecule has 8 heteroatoms. The Hall–Kier alpha value is -2.93. The summed E-state index contributed by atoms with van der Waals surface area (Å²) >= 11 is 6.72. The number of hydrogen-bond acceptors (Lipinski definition) is 6. The third-order valence-corrected chi connectivity index (χ3v) is 5.58. The van der Waals surface area contributed by atoms with Crippen molar-refractivity contribution in [3.8, 4) is 34.1 Å². The molecule has 0 heterocycles. The highest BCUT2D eigenvalue weighted by atomic mass is 35.5. The Bertz CT molecular complexity index is 1050. The lowest BCUT2D eigenvalue weighted by Gasteiger charge is -2.21. The van der Waals surface area contributed by atoms with Gasteiger partial charge in [0.1, 0.15) is 0 Å². The van der Waals surface area contributed by atoms with E-state index in [0.29, 0.717) is 51.8 Å². The first-order chi connectivity index (χ1) is 14.4. The highest BCUT2D eigenvalue weighted by molar-refractivity contribution is 6.34. The topological polar surface area (TPSA) is 83.1 Å². The van der Waals surface area contributed by atoms with Gasteiger partial charge in [0, 0.05) is 12.5 Å². The van der Waals surface area contributed by atoms with Gasteiger partial charge in [0.15, 0.2) is 17.2 Å². The fraction of sp³-hybridized carbons (Fsp3) is 0.364. The Morgan fingerprint density at radius 2 is 1.70 bits per heavy atom. The van der Waals surface area contributed by atoms with Crippen LogP contribution in [0.4, 0.5) is 0 Å². The molecule has 30 heavy (non-hydrogen) atoms. The van der Waals surface area contributed by atoms with Crippen LogP contribution < -0.4 is 29.7 Å². The van der Waals surface area contributed by atoms with Gasteiger partial charge in [-0.25, -0.2) is 0 Å². The summed E-state index contributed by atoms with van der Waals surface area (Å²) in [7, 11) is 5.98. The molecule has 7 nitrogen and oxygen atoms in total. The predicted molar refractivity (Wildman–Crippen MR) is 114 cm³/mol. The van der Waals surface area contributed by atoms with Crippen molar-refractivity contribution in [1.29, 1.82) is 0 Å². The molecule has 0 aliphatic heterocycles. The molecular weight excluding hydrogens is 410 g/mol. The molecular formula is C22H24ClNO6. The molecule has 2 aromatic rings. The molecule has 2 aromatic carbocycles. The number of benzene rings is 1. The van der Waals surface area contributed by atoms with E-state index in [2.05, 4.69) is 5.32 Å². The molecule has 0 unspecified atom stereocenters. The molecule has 0 saturated heterocycles. The molecule has 0 aromatic heterocycles. The van der Waals surface area contributed by atoms with Crippen molar-refractivity contribution in [3.05, 3.63) is 44.6 Å². The van der Waals surface area contributed by atoms with Crippen LogP contribution in [0.5, 0.6) is 23.0 Å². The fourth-order valence-electron chi connectivity index (χ4n) is 3.93. The number of nitrogens with one attached hydrogen (secondary N) is 1. The first-order valence-electron chi connectivity index (χ1n) is 9.37. The zero-order chi connectivity index (χ0) is 22.0. The summed E-state index contributed by atoms with van der Waals surface area (Å²) in [5.74, 6) is 1.16. The number of halogens is 1. The first kappa shape index (κ1) is 21.8. The van der Waals surface area contributed by atoms with Crippen LogP contribution in [-0.4, -0.2) is 34.3 Å². The monoisotopic (exact) mass is 433 g/mol. The summed E-state index contributed by atoms with van der Waals surface area (Å²) in [4.78, 5) is 24.6. The Labute approximate surface area is 179 Å². The molecule has 0 radical (unpaired) electrons. The zero-order valence-corrected chi connectivity index (χ0v) is 18.3. The summed E-state index contributed by atoms with van der Waals surface area (Å²) in [5.41, 5.74) is 2.54. The van der Waals surface area contributed by atoms with Gasteiger partial charge in [-0.15, -0.1) is 0 Å². The van der Waals surface area contributed by atoms with Gasteiger partial charge in [-0.3, -0.25) is 9.59 Å². The van der Waals surface area contributed by atoms with E-state index in [4.69, 9.17) is 30.5 Å². The van der Waals surface area contributed by atoms with Gasteiger partial charge in [0.05, 0.1) is 39.5 Å². The van der Waals surface area contributed by atoms with E-state index in [-0.39, 0.29) is 17.1 Å². The molecule has 1 aliphatic rings. The second kappa shape index (κ2) is 8.83. The minimum absolute atomic E-state index is 0.191. The number of ether oxygens (including phenoxy) is 4. The molecule has 160 valence electrons. The quantitative estimate of drug-likeness (QED) is 0.776. The summed E-state index contributed by atoms with van der Waals surface area (Å²) < 4.78 is 22.0. The number of carbonyl (C=O) groups excluding carboxylic acids is 1. The predicted octanol–water partition coefficient (Wildman–Crippen LogP) is 3.53. The van der Waals surface area contributed by atoms with Crippen molar-refractivity contribution in [2.75, 3.05) is 28.4 Å². The van der Waals surface area contributed by atoms with Gasteiger partial charge >= 0.3 is 0 Å². The molecule has 1 amide bonds. The normalized spacial score (nSPS) is 14.7. The molecule has 1 atom stereocenters. The van der Waals surface area contributed by atoms with Crippen LogP contribution in [0.15, 0.2) is 23.0 Å². The van der Waals surface area contributed by atoms with Crippen LogP contribution in [0.25, 0.3) is 11.1 Å². The van der Waals surface area contributed by atoms with E-state index in [1.54, 1.807) is 12.1 Å². The van der Waals surface area contributed by atoms with Crippen LogP contribution in [0.2, 0.25) is 5.02 Å². The third-order valence-electron chi connectivity index (χ3n) is 5.18. The maximum atomic E-state index is 12.7. The van der Waals surface area contributed by atoms with Gasteiger partial charge in [-0.05, 0) is 41.7 Å². The highest BCUT2D eigenvalue weighted by Crippen LogP contribution is 2.54. The van der Waals surface area contributed by atoms with Crippen LogP contribution in [-0.2, 0) is 11.2 Å². The largest absolute Gasteiger partial charge is 0.493 e. The Morgan fingerprint density at radius 1 is 1.03 bits per heavy atom. The molecule has 1 aliphatic carbocycles. The minimum Gasteiger partial charge on any atom is -0.493 e. The van der Waals surface area contributed by atoms with Crippen LogP contribution in [0.1, 0.15) is 30.5 Å². The molecule has 0 fully saturated rings. The molecule has 1 N–H and O–H groups in total. The Balaban J connectivity index is 2.47. The first-order valence-corrected chi connectivity index (χ1v) is 9.75. The number of carbonyl (C=O) groups is 1. The van der Waals surface area contributed by atoms with Crippen molar-refractivity contribution in [3.63, 3.8) is 0 Å². The smallest absolute Gasteiger partial charge is 0.220 e. The summed E-state index contributed by atoms with van der Waals surface area (Å²) in [6, 6.07) is 4.48. The van der Waals surface area contributed by atoms with Crippen LogP contribution in [0.3, 0.4) is 0 Å². The number of methoxy groups -OCH3 is 4. The van der Waals surface area contributed by atoms with Gasteiger partial charge in [0.25, 0.3) is 0 Å². The molecule has 0 bridgehead atoms. The highest BCUT2D eigenvalue weighted by Gasteiger charge is 2.32. The summed E-state index contributed by atoms with van der Waals surface area (Å²) in [6.45, 7) is 1.44. The van der Waals surface area contributed by atoms with Gasteiger partial charge in [-0.2, -0.15) is 0 Å². The second-order valence-electron chi connectivity index (χ2n) is 6.84. The van der Waals surface area contributed by atoms with Crippen molar-refractivity contribution in [2.24, 2.45) is 0 Å². The van der Waals surface area contributed by atoms with E-state index in [1.165, 1.54) is 41.4 Å². The van der Waals surface area contributed by atoms with E-state index in [9.17, 15) is 9.59 Å². The molecule has 0 spiro atoms. The number of rotatable bonds is 5. The van der Waals surface area contributed by atoms with E-state index in [1.807, 2.05) is 0 Å². The minimum atomic E-state index is -0.396. The van der Waals surface area contributed by atoms with Gasteiger partial charge < -0.3 is 24.3 Å². The molecule has 0 saturated carbocycles. The number of hydrogen-bond donors (Lipinski definition) is 1. The maximum absolute atomic E-state index is 12.7. The average Bonchev–Trinajstić information content (AvgIpc) is 2.96. The number of fused-ring (bicyclic) bond motifs is 3. The van der Waals surface area contributed by atoms with E-state index in [0.717, 1.165) is 5.56 Å². The standard InChI is InChI=1S/C22H24ClNO6/c1-11(25)24-15-8-6-13-18(12-7-9-17(27-2)16(26)10-14(12)15)20(28-3)22(30-5)21(29-4)19(13)23/h7,9-10,15H,6,8H2,1-5H3,(H,24,25)/t15-/m1/s1. The average molecular weight is 434 g/mol. The lowest BCUT2D eigenvalue weighted by Crippen LogP contribution is -2.26. The lowest BCUT2D eigenvalue weighted by atomic mass is 9.95. The van der Waals surface area contributed by atoms with Crippen molar-refractivity contribution in [1.82, 2.24) is 5.32 Å². The second-order valence-corrected chi connectivity index (χ2v) is 7.22. The third kappa shape index (κ3) is 3.65. The Kier molecular flexibility index (Phi) is 6.41. The maximum Gasteiger partial charge on any atom is 0.220 e. The zero-order valence-electron chi connectivity index (χ0n) is 17.6. The van der Waals surface area contributed by atoms with Crippen molar-refractivity contribution in [2.45, 2.75) is 25.8 Å². The van der Waals surface area contributed by atoms with Crippen LogP contribution in [0, 0.1) is 0 Å². The summed E-state index contributed by atoms with van der Waals surface area (Å²) in [5, 5.41) is 3.34. The SMILES string of the molecule is COc1c(Cl)c2c(c(OC)c1OC)-c1ccc(OC)c(=O)cc1[C@H](NC(C)=O)CC2. The van der Waals surface area contributed by atoms with E-state index < -0.39 is 6.04 Å². The Morgan fingerprint density at radius 3 is 2.27 bits per heavy atom. The van der Waals surface area contributed by atoms with Crippen LogP contribution >= 0.6 is 11.6 Å². The van der Waals surface area contributed by atoms with E-state index >= 15 is 0 Å². The van der Waals surface area contributed by atoms with Crippen molar-refractivity contribution < 1.29 is 23.7 Å². The number of amides is 1. The van der Waals surface area contributed by atoms with Gasteiger partial charge in [0.2, 0.25) is 17.1 Å². The van der Waals surface area contributed by atoms with Gasteiger partial charge in [-0.1, -0.05) is 17.7 Å². The lowest BCUT2D eigenvalue weighted by molar-refractivity contribution is -0.119. The van der Waals surface area contributed by atoms with Crippen molar-refractivity contribution >= 4 is 17.5 Å². The molecule has 3 rings (SSSR count). The summed E-state index contributed by atoms with van der Waals surface area (Å²) in [6.07, 6.45) is 1.06. The fourth-order valence-corrected chi connectivity index (χ4v) is 4.29.